The smallest absolute Gasteiger partial charge is 0.237 e. The maximum Gasteiger partial charge on any atom is 0.237 e. The van der Waals surface area contributed by atoms with Crippen LogP contribution in [0.25, 0.3) is 0 Å². The number of amides is 2. The summed E-state index contributed by atoms with van der Waals surface area (Å²) in [5, 5.41) is 5.38. The van der Waals surface area contributed by atoms with E-state index < -0.39 is 0 Å². The van der Waals surface area contributed by atoms with Crippen LogP contribution in [0.4, 0.5) is 11.4 Å². The number of anilines is 2. The van der Waals surface area contributed by atoms with Gasteiger partial charge in [-0.2, -0.15) is 0 Å². The van der Waals surface area contributed by atoms with Crippen LogP contribution in [0.3, 0.4) is 0 Å². The first-order valence-corrected chi connectivity index (χ1v) is 9.55. The molecule has 1 atom stereocenters. The zero-order valence-corrected chi connectivity index (χ0v) is 16.1. The predicted octanol–water partition coefficient (Wildman–Crippen LogP) is 4.09. The molecule has 2 aromatic carbocycles. The molecule has 0 saturated carbocycles. The molecule has 2 rings (SSSR count). The Hall–Kier alpha value is -2.47. The van der Waals surface area contributed by atoms with E-state index in [1.165, 1.54) is 11.8 Å². The second-order valence-corrected chi connectivity index (χ2v) is 7.09. The topological polar surface area (TPSA) is 67.4 Å². The van der Waals surface area contributed by atoms with Gasteiger partial charge in [0.2, 0.25) is 11.8 Å². The molecule has 2 N–H and O–H groups in total. The van der Waals surface area contributed by atoms with Gasteiger partial charge in [0.05, 0.1) is 17.6 Å². The van der Waals surface area contributed by atoms with Crippen LogP contribution < -0.4 is 15.4 Å². The van der Waals surface area contributed by atoms with Crippen molar-refractivity contribution < 1.29 is 14.3 Å². The Kier molecular flexibility index (Phi) is 7.53. The summed E-state index contributed by atoms with van der Waals surface area (Å²) in [7, 11) is 0. The molecule has 5 nitrogen and oxygen atoms in total. The van der Waals surface area contributed by atoms with E-state index in [0.29, 0.717) is 12.3 Å². The number of ether oxygens (including phenoxy) is 1. The van der Waals surface area contributed by atoms with Gasteiger partial charge in [0.15, 0.2) is 0 Å². The maximum atomic E-state index is 12.3. The third-order valence-electron chi connectivity index (χ3n) is 3.69. The number of nitrogens with one attached hydrogen (secondary N) is 2. The molecule has 0 bridgehead atoms. The van der Waals surface area contributed by atoms with E-state index in [1.54, 1.807) is 19.1 Å². The van der Waals surface area contributed by atoms with Crippen molar-refractivity contribution in [3.63, 3.8) is 0 Å². The van der Waals surface area contributed by atoms with E-state index >= 15 is 0 Å². The maximum absolute atomic E-state index is 12.3. The molecule has 26 heavy (non-hydrogen) atoms. The molecule has 6 heteroatoms. The zero-order chi connectivity index (χ0) is 18.9. The summed E-state index contributed by atoms with van der Waals surface area (Å²) in [4.78, 5) is 24.3. The minimum absolute atomic E-state index is 0.113. The van der Waals surface area contributed by atoms with E-state index in [1.807, 2.05) is 50.2 Å². The Bertz CT molecular complexity index is 747. The molecule has 0 aliphatic carbocycles. The summed E-state index contributed by atoms with van der Waals surface area (Å²) in [5.41, 5.74) is 2.51. The van der Waals surface area contributed by atoms with Crippen molar-refractivity contribution in [2.75, 3.05) is 23.0 Å². The Labute approximate surface area is 158 Å². The van der Waals surface area contributed by atoms with Crippen molar-refractivity contribution in [2.45, 2.75) is 26.0 Å². The van der Waals surface area contributed by atoms with Gasteiger partial charge >= 0.3 is 0 Å². The van der Waals surface area contributed by atoms with Crippen LogP contribution in [-0.4, -0.2) is 29.4 Å². The number of hydrogen-bond acceptors (Lipinski definition) is 4. The molecule has 0 fully saturated rings. The van der Waals surface area contributed by atoms with E-state index in [0.717, 1.165) is 17.0 Å². The average molecular weight is 372 g/mol. The highest BCUT2D eigenvalue weighted by atomic mass is 32.2. The first kappa shape index (κ1) is 19.8. The highest BCUT2D eigenvalue weighted by molar-refractivity contribution is 8.01. The number of hydrogen-bond donors (Lipinski definition) is 2. The van der Waals surface area contributed by atoms with Gasteiger partial charge in [-0.3, -0.25) is 9.59 Å². The molecule has 0 aliphatic rings. The SMILES string of the molecule is CCOc1ccc(NC(=O)CS[C@H](C)C(=O)Nc2ccccc2C)cc1. The quantitative estimate of drug-likeness (QED) is 0.732. The second kappa shape index (κ2) is 9.87. The van der Waals surface area contributed by atoms with Crippen LogP contribution in [0.15, 0.2) is 48.5 Å². The van der Waals surface area contributed by atoms with Crippen molar-refractivity contribution in [1.29, 1.82) is 0 Å². The molecule has 0 spiro atoms. The molecular weight excluding hydrogens is 348 g/mol. The summed E-state index contributed by atoms with van der Waals surface area (Å²) in [5.74, 6) is 0.712. The second-order valence-electron chi connectivity index (χ2n) is 5.76. The number of carbonyl (C=O) groups is 2. The molecule has 2 amide bonds. The monoisotopic (exact) mass is 372 g/mol. The lowest BCUT2D eigenvalue weighted by molar-refractivity contribution is -0.115. The third-order valence-corrected chi connectivity index (χ3v) is 4.83. The van der Waals surface area contributed by atoms with Gasteiger partial charge in [-0.05, 0) is 56.7 Å². The fraction of sp³-hybridized carbons (Fsp3) is 0.300. The number of rotatable bonds is 8. The van der Waals surface area contributed by atoms with Gasteiger partial charge in [0.25, 0.3) is 0 Å². The summed E-state index contributed by atoms with van der Waals surface area (Å²) >= 11 is 1.30. The van der Waals surface area contributed by atoms with Gasteiger partial charge in [0.1, 0.15) is 5.75 Å². The summed E-state index contributed by atoms with van der Waals surface area (Å²) in [6.45, 7) is 6.26. The lowest BCUT2D eigenvalue weighted by Crippen LogP contribution is -2.25. The third kappa shape index (κ3) is 6.11. The summed E-state index contributed by atoms with van der Waals surface area (Å²) in [6, 6.07) is 14.8. The number of thioether (sulfide) groups is 1. The van der Waals surface area contributed by atoms with Gasteiger partial charge in [0, 0.05) is 11.4 Å². The minimum atomic E-state index is -0.333. The fourth-order valence-corrected chi connectivity index (χ4v) is 2.91. The Morgan fingerprint density at radius 1 is 1.08 bits per heavy atom. The molecule has 0 saturated heterocycles. The highest BCUT2D eigenvalue weighted by Gasteiger charge is 2.16. The summed E-state index contributed by atoms with van der Waals surface area (Å²) < 4.78 is 5.37. The molecule has 138 valence electrons. The molecule has 0 radical (unpaired) electrons. The average Bonchev–Trinajstić information content (AvgIpc) is 2.63. The van der Waals surface area contributed by atoms with Crippen LogP contribution >= 0.6 is 11.8 Å². The molecule has 2 aromatic rings. The zero-order valence-electron chi connectivity index (χ0n) is 15.2. The van der Waals surface area contributed by atoms with Crippen molar-refractivity contribution in [2.24, 2.45) is 0 Å². The minimum Gasteiger partial charge on any atom is -0.494 e. The van der Waals surface area contributed by atoms with Gasteiger partial charge < -0.3 is 15.4 Å². The molecule has 0 unspecified atom stereocenters. The molecule has 0 aromatic heterocycles. The normalized spacial score (nSPS) is 11.5. The summed E-state index contributed by atoms with van der Waals surface area (Å²) in [6.07, 6.45) is 0. The van der Waals surface area contributed by atoms with Crippen LogP contribution in [-0.2, 0) is 9.59 Å². The van der Waals surface area contributed by atoms with Crippen molar-refractivity contribution in [1.82, 2.24) is 0 Å². The lowest BCUT2D eigenvalue weighted by atomic mass is 10.2. The van der Waals surface area contributed by atoms with Gasteiger partial charge in [-0.25, -0.2) is 0 Å². The lowest BCUT2D eigenvalue weighted by Gasteiger charge is -2.13. The van der Waals surface area contributed by atoms with E-state index in [4.69, 9.17) is 4.74 Å². The van der Waals surface area contributed by atoms with Crippen LogP contribution in [0, 0.1) is 6.92 Å². The van der Waals surface area contributed by atoms with Crippen molar-refractivity contribution in [3.8, 4) is 5.75 Å². The molecular formula is C20H24N2O3S. The number of aryl methyl sites for hydroxylation is 1. The number of benzene rings is 2. The number of para-hydroxylation sites is 1. The van der Waals surface area contributed by atoms with Crippen LogP contribution in [0.5, 0.6) is 5.75 Å². The first-order valence-electron chi connectivity index (χ1n) is 8.50. The Morgan fingerprint density at radius 3 is 2.42 bits per heavy atom. The van der Waals surface area contributed by atoms with Crippen LogP contribution in [0.1, 0.15) is 19.4 Å². The van der Waals surface area contributed by atoms with Gasteiger partial charge in [-0.1, -0.05) is 18.2 Å². The Balaban J connectivity index is 1.78. The highest BCUT2D eigenvalue weighted by Crippen LogP contribution is 2.19. The van der Waals surface area contributed by atoms with Gasteiger partial charge in [-0.15, -0.1) is 11.8 Å². The standard InChI is InChI=1S/C20H24N2O3S/c1-4-25-17-11-9-16(10-12-17)21-19(23)13-26-15(3)20(24)22-18-8-6-5-7-14(18)2/h5-12,15H,4,13H2,1-3H3,(H,21,23)(H,22,24)/t15-/m1/s1. The van der Waals surface area contributed by atoms with E-state index in [9.17, 15) is 9.59 Å². The molecule has 0 heterocycles. The Morgan fingerprint density at radius 2 is 1.77 bits per heavy atom. The van der Waals surface area contributed by atoms with Crippen LogP contribution in [0.2, 0.25) is 0 Å². The predicted molar refractivity (Wildman–Crippen MR) is 108 cm³/mol. The largest absolute Gasteiger partial charge is 0.494 e. The van der Waals surface area contributed by atoms with E-state index in [2.05, 4.69) is 10.6 Å². The first-order chi connectivity index (χ1) is 12.5. The van der Waals surface area contributed by atoms with Crippen molar-refractivity contribution in [3.05, 3.63) is 54.1 Å². The number of carbonyl (C=O) groups excluding carboxylic acids is 2. The molecule has 0 aliphatic heterocycles. The fourth-order valence-electron chi connectivity index (χ4n) is 2.22. The van der Waals surface area contributed by atoms with E-state index in [-0.39, 0.29) is 22.8 Å². The van der Waals surface area contributed by atoms with Crippen molar-refractivity contribution >= 4 is 35.0 Å².